The van der Waals surface area contributed by atoms with Gasteiger partial charge in [-0.1, -0.05) is 45.6 Å². The lowest BCUT2D eigenvalue weighted by molar-refractivity contribution is -0.133. The van der Waals surface area contributed by atoms with Crippen molar-refractivity contribution in [3.05, 3.63) is 54.1 Å². The zero-order valence-electron chi connectivity index (χ0n) is 20.2. The number of amides is 1. The number of aryl methyl sites for hydroxylation is 1. The number of sulfone groups is 1. The van der Waals surface area contributed by atoms with Gasteiger partial charge in [0.25, 0.3) is 5.91 Å². The van der Waals surface area contributed by atoms with Crippen LogP contribution < -0.4 is 5.48 Å². The Labute approximate surface area is 209 Å². The van der Waals surface area contributed by atoms with E-state index in [9.17, 15) is 22.8 Å². The number of methoxy groups -OCH3 is 1. The second kappa shape index (κ2) is 11.4. The molecule has 2 unspecified atom stereocenters. The number of alkyl halides is 1. The number of nitrogens with zero attached hydrogens (tertiary/aromatic N) is 1. The molecular weight excluding hydrogens is 490 g/mol. The lowest BCUT2D eigenvalue weighted by atomic mass is 9.95. The van der Waals surface area contributed by atoms with Gasteiger partial charge in [-0.3, -0.25) is 10.0 Å². The molecule has 1 fully saturated rings. The number of hydroxylamine groups is 1. The summed E-state index contributed by atoms with van der Waals surface area (Å²) in [5.74, 6) is -0.904. The van der Waals surface area contributed by atoms with Crippen LogP contribution in [0.15, 0.2) is 53.4 Å². The van der Waals surface area contributed by atoms with Crippen molar-refractivity contribution in [1.29, 1.82) is 0 Å². The van der Waals surface area contributed by atoms with E-state index in [0.29, 0.717) is 39.1 Å². The van der Waals surface area contributed by atoms with Gasteiger partial charge in [0.1, 0.15) is 5.41 Å². The van der Waals surface area contributed by atoms with Crippen LogP contribution in [0.2, 0.25) is 0 Å². The zero-order chi connectivity index (χ0) is 25.7. The summed E-state index contributed by atoms with van der Waals surface area (Å²) < 4.78 is 44.3. The molecule has 2 N–H and O–H groups in total. The predicted molar refractivity (Wildman–Crippen MR) is 137 cm³/mol. The van der Waals surface area contributed by atoms with Crippen molar-refractivity contribution in [2.45, 2.75) is 47.7 Å². The first-order chi connectivity index (χ1) is 16.5. The molecule has 0 bridgehead atoms. The Hall–Kier alpha value is -1.90. The van der Waals surface area contributed by atoms with Crippen molar-refractivity contribution in [1.82, 2.24) is 10.4 Å². The molecule has 1 amide bonds. The minimum Gasteiger partial charge on any atom is -0.383 e. The highest BCUT2D eigenvalue weighted by Gasteiger charge is 2.52. The smallest absolute Gasteiger partial charge is 0.265 e. The number of hydrogen-bond donors (Lipinski definition) is 2. The third-order valence-electron chi connectivity index (χ3n) is 6.66. The Morgan fingerprint density at radius 1 is 1.14 bits per heavy atom. The Kier molecular flexibility index (Phi) is 9.05. The van der Waals surface area contributed by atoms with Crippen LogP contribution in [0.5, 0.6) is 0 Å². The van der Waals surface area contributed by atoms with Crippen molar-refractivity contribution in [2.75, 3.05) is 33.4 Å². The number of benzene rings is 2. The standard InChI is InChI=1S/C25H34FN2O5PS/c1-24(26,34)12-11-19-3-5-20(6-4-19)21-7-9-22(10-8-21)35(31,32)25(23(29)27-30)13-15-28(16-14-25)17-18-33-2/h3-10,30H,11-18,34H2,1-2H3,(H,27,29). The summed E-state index contributed by atoms with van der Waals surface area (Å²) in [6.45, 7) is 3.49. The zero-order valence-corrected chi connectivity index (χ0v) is 22.1. The number of piperidine rings is 1. The summed E-state index contributed by atoms with van der Waals surface area (Å²) in [7, 11) is -0.268. The van der Waals surface area contributed by atoms with Gasteiger partial charge in [-0.2, -0.15) is 0 Å². The number of ether oxygens (including phenoxy) is 1. The first kappa shape index (κ1) is 27.7. The van der Waals surface area contributed by atoms with Crippen LogP contribution in [0.4, 0.5) is 4.39 Å². The van der Waals surface area contributed by atoms with E-state index in [4.69, 9.17) is 4.74 Å². The normalized spacial score (nSPS) is 18.1. The number of halogens is 1. The topological polar surface area (TPSA) is 95.9 Å². The molecule has 2 aromatic rings. The summed E-state index contributed by atoms with van der Waals surface area (Å²) in [6.07, 6.45) is 1.16. The first-order valence-corrected chi connectivity index (χ1v) is 13.7. The molecular formula is C25H34FN2O5PS. The number of rotatable bonds is 10. The molecule has 0 radical (unpaired) electrons. The van der Waals surface area contributed by atoms with Gasteiger partial charge in [-0.25, -0.2) is 18.3 Å². The molecule has 10 heteroatoms. The number of hydrogen-bond acceptors (Lipinski definition) is 6. The molecule has 0 spiro atoms. The van der Waals surface area contributed by atoms with Crippen LogP contribution in [0.1, 0.15) is 31.7 Å². The van der Waals surface area contributed by atoms with Crippen LogP contribution in [-0.2, 0) is 25.8 Å². The van der Waals surface area contributed by atoms with E-state index in [0.717, 1.165) is 16.7 Å². The molecule has 2 atom stereocenters. The fourth-order valence-corrected chi connectivity index (χ4v) is 6.48. The maximum Gasteiger partial charge on any atom is 0.265 e. The highest BCUT2D eigenvalue weighted by Crippen LogP contribution is 2.36. The van der Waals surface area contributed by atoms with Gasteiger partial charge in [-0.05, 0) is 61.4 Å². The molecule has 2 aromatic carbocycles. The fraction of sp³-hybridized carbons (Fsp3) is 0.480. The number of nitrogens with one attached hydrogen (secondary N) is 1. The SMILES string of the molecule is COCCN1CCC(C(=O)NO)(S(=O)(=O)c2ccc(-c3ccc(CCC(C)(F)P)cc3)cc2)CC1. The van der Waals surface area contributed by atoms with Crippen molar-refractivity contribution in [3.8, 4) is 11.1 Å². The minimum absolute atomic E-state index is 0.0366. The van der Waals surface area contributed by atoms with Crippen molar-refractivity contribution < 1.29 is 27.5 Å². The van der Waals surface area contributed by atoms with Crippen molar-refractivity contribution in [2.24, 2.45) is 0 Å². The Morgan fingerprint density at radius 3 is 2.17 bits per heavy atom. The molecule has 7 nitrogen and oxygen atoms in total. The third-order valence-corrected chi connectivity index (χ3v) is 9.46. The van der Waals surface area contributed by atoms with Crippen LogP contribution in [-0.4, -0.2) is 67.9 Å². The summed E-state index contributed by atoms with van der Waals surface area (Å²) in [5.41, 5.74) is 4.34. The average molecular weight is 525 g/mol. The van der Waals surface area contributed by atoms with E-state index in [1.165, 1.54) is 19.1 Å². The average Bonchev–Trinajstić information content (AvgIpc) is 2.86. The van der Waals surface area contributed by atoms with Crippen LogP contribution in [0, 0.1) is 0 Å². The van der Waals surface area contributed by atoms with Gasteiger partial charge < -0.3 is 9.64 Å². The molecule has 35 heavy (non-hydrogen) atoms. The van der Waals surface area contributed by atoms with E-state index < -0.39 is 25.9 Å². The van der Waals surface area contributed by atoms with Crippen molar-refractivity contribution >= 4 is 25.0 Å². The lowest BCUT2D eigenvalue weighted by Crippen LogP contribution is -2.58. The van der Waals surface area contributed by atoms with Gasteiger partial charge in [0, 0.05) is 26.7 Å². The van der Waals surface area contributed by atoms with Gasteiger partial charge in [0.2, 0.25) is 0 Å². The Morgan fingerprint density at radius 2 is 1.69 bits per heavy atom. The summed E-state index contributed by atoms with van der Waals surface area (Å²) in [5, 5.41) is 8.05. The second-order valence-corrected chi connectivity index (χ2v) is 12.7. The van der Waals surface area contributed by atoms with Crippen molar-refractivity contribution in [3.63, 3.8) is 0 Å². The van der Waals surface area contributed by atoms with Crippen LogP contribution in [0.3, 0.4) is 0 Å². The number of likely N-dealkylation sites (tertiary alicyclic amines) is 1. The highest BCUT2D eigenvalue weighted by atomic mass is 32.2. The van der Waals surface area contributed by atoms with Crippen LogP contribution >= 0.6 is 9.24 Å². The van der Waals surface area contributed by atoms with Gasteiger partial charge in [0.05, 0.1) is 11.5 Å². The summed E-state index contributed by atoms with van der Waals surface area (Å²) in [4.78, 5) is 14.7. The maximum absolute atomic E-state index is 13.7. The molecule has 0 aromatic heterocycles. The molecule has 0 aliphatic carbocycles. The van der Waals surface area contributed by atoms with E-state index in [-0.39, 0.29) is 17.7 Å². The lowest BCUT2D eigenvalue weighted by Gasteiger charge is -2.39. The molecule has 0 saturated carbocycles. The molecule has 192 valence electrons. The molecule has 1 heterocycles. The van der Waals surface area contributed by atoms with Gasteiger partial charge in [0.15, 0.2) is 14.6 Å². The monoisotopic (exact) mass is 524 g/mol. The number of carbonyl (C=O) groups is 1. The highest BCUT2D eigenvalue weighted by molar-refractivity contribution is 7.93. The van der Waals surface area contributed by atoms with E-state index in [2.05, 4.69) is 9.24 Å². The molecule has 1 saturated heterocycles. The number of carbonyl (C=O) groups excluding carboxylic acids is 1. The summed E-state index contributed by atoms with van der Waals surface area (Å²) >= 11 is 0. The second-order valence-electron chi connectivity index (χ2n) is 9.27. The largest absolute Gasteiger partial charge is 0.383 e. The quantitative estimate of drug-likeness (QED) is 0.280. The van der Waals surface area contributed by atoms with Crippen LogP contribution in [0.25, 0.3) is 11.1 Å². The van der Waals surface area contributed by atoms with Gasteiger partial charge in [-0.15, -0.1) is 0 Å². The predicted octanol–water partition coefficient (Wildman–Crippen LogP) is 3.61. The Balaban J connectivity index is 1.79. The minimum atomic E-state index is -4.07. The molecule has 1 aliphatic heterocycles. The fourth-order valence-electron chi connectivity index (χ4n) is 4.38. The third kappa shape index (κ3) is 6.46. The maximum atomic E-state index is 13.7. The first-order valence-electron chi connectivity index (χ1n) is 11.6. The molecule has 3 rings (SSSR count). The van der Waals surface area contributed by atoms with E-state index in [1.54, 1.807) is 24.7 Å². The van der Waals surface area contributed by atoms with E-state index in [1.807, 2.05) is 29.2 Å². The Bertz CT molecular complexity index is 1090. The summed E-state index contributed by atoms with van der Waals surface area (Å²) in [6, 6.07) is 14.2. The van der Waals surface area contributed by atoms with Gasteiger partial charge >= 0.3 is 0 Å². The van der Waals surface area contributed by atoms with E-state index >= 15 is 0 Å². The molecule has 1 aliphatic rings.